The molecule has 1 heterocycles. The molecule has 0 aliphatic carbocycles. The lowest BCUT2D eigenvalue weighted by Gasteiger charge is -2.35. The predicted octanol–water partition coefficient (Wildman–Crippen LogP) is 0.474. The first-order chi connectivity index (χ1) is 8.41. The molecule has 1 aliphatic heterocycles. The number of piperazine rings is 1. The Morgan fingerprint density at radius 1 is 1.06 bits per heavy atom. The van der Waals surface area contributed by atoms with Crippen molar-refractivity contribution in [2.75, 3.05) is 26.2 Å². The van der Waals surface area contributed by atoms with Crippen molar-refractivity contribution >= 4 is 11.8 Å². The van der Waals surface area contributed by atoms with Gasteiger partial charge in [-0.2, -0.15) is 0 Å². The van der Waals surface area contributed by atoms with Crippen LogP contribution in [0.25, 0.3) is 0 Å². The largest absolute Gasteiger partial charge is 0.384 e. The molecule has 1 fully saturated rings. The highest BCUT2D eigenvalue weighted by atomic mass is 16.3. The molecular formula is C13H24N2O3. The second-order valence-electron chi connectivity index (χ2n) is 5.31. The smallest absolute Gasteiger partial charge is 0.251 e. The molecule has 0 aromatic carbocycles. The molecule has 0 spiro atoms. The third kappa shape index (κ3) is 4.29. The summed E-state index contributed by atoms with van der Waals surface area (Å²) in [5.74, 6) is 0.462. The fourth-order valence-corrected chi connectivity index (χ4v) is 2.01. The quantitative estimate of drug-likeness (QED) is 0.795. The van der Waals surface area contributed by atoms with Gasteiger partial charge in [0.05, 0.1) is 0 Å². The number of amides is 2. The molecule has 0 radical (unpaired) electrons. The molecule has 5 nitrogen and oxygen atoms in total. The average Bonchev–Trinajstić information content (AvgIpc) is 2.35. The summed E-state index contributed by atoms with van der Waals surface area (Å²) in [6.07, 6.45) is 0.543. The number of hydrogen-bond acceptors (Lipinski definition) is 3. The number of aliphatic hydroxyl groups excluding tert-OH is 1. The van der Waals surface area contributed by atoms with Crippen LogP contribution in [-0.2, 0) is 9.59 Å². The number of carbonyl (C=O) groups excluding carboxylic acids is 2. The summed E-state index contributed by atoms with van der Waals surface area (Å²) >= 11 is 0. The third-order valence-electron chi connectivity index (χ3n) is 3.24. The van der Waals surface area contributed by atoms with Crippen molar-refractivity contribution in [3.05, 3.63) is 0 Å². The topological polar surface area (TPSA) is 60.9 Å². The molecule has 1 N–H and O–H groups in total. The van der Waals surface area contributed by atoms with Gasteiger partial charge in [0.2, 0.25) is 5.91 Å². The Labute approximate surface area is 109 Å². The van der Waals surface area contributed by atoms with Crippen LogP contribution in [0.4, 0.5) is 0 Å². The second kappa shape index (κ2) is 6.73. The molecule has 0 saturated carbocycles. The highest BCUT2D eigenvalue weighted by molar-refractivity contribution is 5.81. The van der Waals surface area contributed by atoms with Crippen molar-refractivity contribution in [3.63, 3.8) is 0 Å². The maximum atomic E-state index is 11.9. The maximum Gasteiger partial charge on any atom is 0.251 e. The van der Waals surface area contributed by atoms with E-state index in [1.165, 1.54) is 6.92 Å². The van der Waals surface area contributed by atoms with Crippen LogP contribution in [0.2, 0.25) is 0 Å². The molecule has 104 valence electrons. The number of nitrogens with zero attached hydrogens (tertiary/aromatic N) is 2. The van der Waals surface area contributed by atoms with Crippen molar-refractivity contribution in [1.29, 1.82) is 0 Å². The lowest BCUT2D eigenvalue weighted by molar-refractivity contribution is -0.144. The van der Waals surface area contributed by atoms with Gasteiger partial charge in [-0.1, -0.05) is 13.8 Å². The van der Waals surface area contributed by atoms with E-state index in [0.29, 0.717) is 38.5 Å². The van der Waals surface area contributed by atoms with Gasteiger partial charge in [-0.25, -0.2) is 0 Å². The van der Waals surface area contributed by atoms with Gasteiger partial charge in [0.15, 0.2) is 0 Å². The molecule has 0 aromatic rings. The van der Waals surface area contributed by atoms with Crippen LogP contribution in [0, 0.1) is 5.92 Å². The fraction of sp³-hybridized carbons (Fsp3) is 0.846. The maximum absolute atomic E-state index is 11.9. The average molecular weight is 256 g/mol. The van der Waals surface area contributed by atoms with Crippen LogP contribution in [0.1, 0.15) is 33.6 Å². The van der Waals surface area contributed by atoms with E-state index in [2.05, 4.69) is 13.8 Å². The highest BCUT2D eigenvalue weighted by Gasteiger charge is 2.25. The van der Waals surface area contributed by atoms with E-state index in [9.17, 15) is 14.7 Å². The standard InChI is InChI=1S/C13H24N2O3/c1-10(2)4-5-12(17)14-6-8-15(9-7-14)13(18)11(3)16/h10-11,16H,4-9H2,1-3H3. The SMILES string of the molecule is CC(C)CCC(=O)N1CCN(C(=O)C(C)O)CC1. The molecule has 1 unspecified atom stereocenters. The van der Waals surface area contributed by atoms with E-state index in [4.69, 9.17) is 0 Å². The van der Waals surface area contributed by atoms with Crippen LogP contribution in [0.3, 0.4) is 0 Å². The van der Waals surface area contributed by atoms with E-state index in [-0.39, 0.29) is 11.8 Å². The third-order valence-corrected chi connectivity index (χ3v) is 3.24. The number of aliphatic hydroxyl groups is 1. The molecule has 1 atom stereocenters. The van der Waals surface area contributed by atoms with Crippen LogP contribution in [0.15, 0.2) is 0 Å². The highest BCUT2D eigenvalue weighted by Crippen LogP contribution is 2.09. The fourth-order valence-electron chi connectivity index (χ4n) is 2.01. The first-order valence-corrected chi connectivity index (χ1v) is 6.66. The minimum Gasteiger partial charge on any atom is -0.384 e. The number of hydrogen-bond donors (Lipinski definition) is 1. The van der Waals surface area contributed by atoms with Gasteiger partial charge in [0, 0.05) is 32.6 Å². The molecule has 1 rings (SSSR count). The summed E-state index contributed by atoms with van der Waals surface area (Å²) in [6, 6.07) is 0. The monoisotopic (exact) mass is 256 g/mol. The molecule has 2 amide bonds. The molecule has 1 aliphatic rings. The molecule has 1 saturated heterocycles. The predicted molar refractivity (Wildman–Crippen MR) is 68.9 cm³/mol. The number of carbonyl (C=O) groups is 2. The van der Waals surface area contributed by atoms with Crippen molar-refractivity contribution < 1.29 is 14.7 Å². The molecule has 0 bridgehead atoms. The molecule has 0 aromatic heterocycles. The summed E-state index contributed by atoms with van der Waals surface area (Å²) in [5.41, 5.74) is 0. The van der Waals surface area contributed by atoms with Crippen LogP contribution >= 0.6 is 0 Å². The molecular weight excluding hydrogens is 232 g/mol. The van der Waals surface area contributed by atoms with Crippen molar-refractivity contribution in [2.24, 2.45) is 5.92 Å². The van der Waals surface area contributed by atoms with Gasteiger partial charge in [0.1, 0.15) is 6.10 Å². The van der Waals surface area contributed by atoms with E-state index in [0.717, 1.165) is 6.42 Å². The zero-order valence-corrected chi connectivity index (χ0v) is 11.6. The van der Waals surface area contributed by atoms with Crippen LogP contribution in [0.5, 0.6) is 0 Å². The number of rotatable bonds is 4. The van der Waals surface area contributed by atoms with Crippen LogP contribution in [-0.4, -0.2) is 59.0 Å². The van der Waals surface area contributed by atoms with E-state index in [1.807, 2.05) is 4.90 Å². The Kier molecular flexibility index (Phi) is 5.59. The van der Waals surface area contributed by atoms with Gasteiger partial charge < -0.3 is 14.9 Å². The van der Waals surface area contributed by atoms with Gasteiger partial charge in [-0.05, 0) is 19.3 Å². The summed E-state index contributed by atoms with van der Waals surface area (Å²) in [4.78, 5) is 26.9. The van der Waals surface area contributed by atoms with E-state index < -0.39 is 6.10 Å². The zero-order chi connectivity index (χ0) is 13.7. The van der Waals surface area contributed by atoms with Crippen molar-refractivity contribution in [3.8, 4) is 0 Å². The Morgan fingerprint density at radius 3 is 2.00 bits per heavy atom. The normalized spacial score (nSPS) is 18.1. The molecule has 18 heavy (non-hydrogen) atoms. The molecule has 5 heteroatoms. The second-order valence-corrected chi connectivity index (χ2v) is 5.31. The van der Waals surface area contributed by atoms with Gasteiger partial charge in [-0.15, -0.1) is 0 Å². The van der Waals surface area contributed by atoms with E-state index >= 15 is 0 Å². The first-order valence-electron chi connectivity index (χ1n) is 6.66. The minimum absolute atomic E-state index is 0.174. The summed E-state index contributed by atoms with van der Waals surface area (Å²) in [7, 11) is 0. The van der Waals surface area contributed by atoms with E-state index in [1.54, 1.807) is 4.90 Å². The van der Waals surface area contributed by atoms with Gasteiger partial charge >= 0.3 is 0 Å². The Morgan fingerprint density at radius 2 is 1.56 bits per heavy atom. The summed E-state index contributed by atoms with van der Waals surface area (Å²) < 4.78 is 0. The van der Waals surface area contributed by atoms with Gasteiger partial charge in [-0.3, -0.25) is 9.59 Å². The van der Waals surface area contributed by atoms with Crippen molar-refractivity contribution in [2.45, 2.75) is 39.7 Å². The Hall–Kier alpha value is -1.10. The van der Waals surface area contributed by atoms with Crippen molar-refractivity contribution in [1.82, 2.24) is 9.80 Å². The summed E-state index contributed by atoms with van der Waals surface area (Å²) in [5, 5.41) is 9.22. The zero-order valence-electron chi connectivity index (χ0n) is 11.6. The first kappa shape index (κ1) is 15.0. The minimum atomic E-state index is -0.951. The Bertz CT molecular complexity index is 295. The van der Waals surface area contributed by atoms with Crippen LogP contribution < -0.4 is 0 Å². The lowest BCUT2D eigenvalue weighted by Crippen LogP contribution is -2.52. The Balaban J connectivity index is 2.35. The summed E-state index contributed by atoms with van der Waals surface area (Å²) in [6.45, 7) is 7.89. The van der Waals surface area contributed by atoms with Gasteiger partial charge in [0.25, 0.3) is 5.91 Å². The lowest BCUT2D eigenvalue weighted by atomic mass is 10.1.